The van der Waals surface area contributed by atoms with Gasteiger partial charge < -0.3 is 19.3 Å². The van der Waals surface area contributed by atoms with Crippen molar-refractivity contribution in [3.63, 3.8) is 0 Å². The second-order valence-electron chi connectivity index (χ2n) is 10.6. The predicted molar refractivity (Wildman–Crippen MR) is 140 cm³/mol. The number of sulfone groups is 1. The van der Waals surface area contributed by atoms with Gasteiger partial charge in [-0.2, -0.15) is 0 Å². The first-order chi connectivity index (χ1) is 17.9. The SMILES string of the molecule is CC(C)(C)OC(=O)N1CCc2c(nc(S(C)(=O)=O)nc2N2CCN(CC(=O)OCc3ccccc3)CC2)C1. The molecule has 1 fully saturated rings. The molecule has 3 heterocycles. The summed E-state index contributed by atoms with van der Waals surface area (Å²) >= 11 is 0. The highest BCUT2D eigenvalue weighted by Crippen LogP contribution is 2.29. The van der Waals surface area contributed by atoms with Gasteiger partial charge in [0.1, 0.15) is 18.0 Å². The summed E-state index contributed by atoms with van der Waals surface area (Å²) in [6.45, 7) is 8.70. The average molecular weight is 546 g/mol. The number of carbonyl (C=O) groups is 2. The molecule has 2 aliphatic heterocycles. The molecule has 2 aromatic rings. The molecule has 38 heavy (non-hydrogen) atoms. The van der Waals surface area contributed by atoms with Crippen molar-refractivity contribution in [3.8, 4) is 0 Å². The minimum atomic E-state index is -3.68. The van der Waals surface area contributed by atoms with Gasteiger partial charge in [-0.1, -0.05) is 30.3 Å². The molecule has 0 atom stereocenters. The van der Waals surface area contributed by atoms with E-state index >= 15 is 0 Å². The molecular weight excluding hydrogens is 510 g/mol. The third-order valence-corrected chi connectivity index (χ3v) is 7.12. The van der Waals surface area contributed by atoms with Crippen molar-refractivity contribution in [2.75, 3.05) is 50.4 Å². The molecule has 1 aromatic carbocycles. The van der Waals surface area contributed by atoms with Gasteiger partial charge in [0.15, 0.2) is 0 Å². The highest BCUT2D eigenvalue weighted by Gasteiger charge is 2.32. The summed E-state index contributed by atoms with van der Waals surface area (Å²) in [4.78, 5) is 39.3. The number of piperazine rings is 1. The van der Waals surface area contributed by atoms with Crippen LogP contribution in [0.15, 0.2) is 35.5 Å². The topological polar surface area (TPSA) is 122 Å². The van der Waals surface area contributed by atoms with E-state index in [-0.39, 0.29) is 30.8 Å². The maximum Gasteiger partial charge on any atom is 0.410 e. The maximum absolute atomic E-state index is 12.6. The summed E-state index contributed by atoms with van der Waals surface area (Å²) in [6.07, 6.45) is 1.10. The first-order valence-electron chi connectivity index (χ1n) is 12.6. The molecule has 1 aromatic heterocycles. The number of nitrogens with zero attached hydrogens (tertiary/aromatic N) is 5. The number of hydrogen-bond donors (Lipinski definition) is 0. The van der Waals surface area contributed by atoms with Crippen molar-refractivity contribution in [1.29, 1.82) is 0 Å². The smallest absolute Gasteiger partial charge is 0.410 e. The van der Waals surface area contributed by atoms with Crippen LogP contribution in [0, 0.1) is 0 Å². The van der Waals surface area contributed by atoms with Crippen LogP contribution in [0.1, 0.15) is 37.6 Å². The van der Waals surface area contributed by atoms with Gasteiger partial charge in [-0.05, 0) is 32.8 Å². The quantitative estimate of drug-likeness (QED) is 0.394. The Balaban J connectivity index is 1.43. The number of amides is 1. The van der Waals surface area contributed by atoms with Gasteiger partial charge in [-0.3, -0.25) is 9.69 Å². The zero-order valence-electron chi connectivity index (χ0n) is 22.3. The molecule has 206 valence electrons. The lowest BCUT2D eigenvalue weighted by atomic mass is 10.0. The Morgan fingerprint density at radius 3 is 2.32 bits per heavy atom. The maximum atomic E-state index is 12.6. The number of aromatic nitrogens is 2. The number of anilines is 1. The number of rotatable bonds is 6. The van der Waals surface area contributed by atoms with Crippen LogP contribution >= 0.6 is 0 Å². The molecule has 4 rings (SSSR count). The first kappa shape index (κ1) is 27.8. The first-order valence-corrected chi connectivity index (χ1v) is 14.5. The lowest BCUT2D eigenvalue weighted by Gasteiger charge is -2.37. The Morgan fingerprint density at radius 2 is 1.68 bits per heavy atom. The van der Waals surface area contributed by atoms with Crippen LogP contribution in [0.25, 0.3) is 0 Å². The van der Waals surface area contributed by atoms with E-state index in [1.807, 2.05) is 40.1 Å². The molecule has 0 N–H and O–H groups in total. The normalized spacial score (nSPS) is 16.6. The van der Waals surface area contributed by atoms with Gasteiger partial charge in [0.25, 0.3) is 0 Å². The molecule has 1 amide bonds. The van der Waals surface area contributed by atoms with E-state index in [1.54, 1.807) is 20.8 Å². The molecule has 12 heteroatoms. The molecule has 2 aliphatic rings. The number of hydrogen-bond acceptors (Lipinski definition) is 10. The average Bonchev–Trinajstić information content (AvgIpc) is 2.86. The van der Waals surface area contributed by atoms with Crippen molar-refractivity contribution in [2.24, 2.45) is 0 Å². The third kappa shape index (κ3) is 7.19. The molecule has 0 spiro atoms. The standard InChI is InChI=1S/C26H35N5O6S/c1-26(2,3)37-25(33)31-11-10-20-21(16-31)27-24(38(4,34)35)28-23(20)30-14-12-29(13-15-30)17-22(32)36-18-19-8-6-5-7-9-19/h5-9H,10-18H2,1-4H3. The lowest BCUT2D eigenvalue weighted by Crippen LogP contribution is -2.49. The van der Waals surface area contributed by atoms with Crippen LogP contribution < -0.4 is 4.90 Å². The molecule has 0 unspecified atom stereocenters. The highest BCUT2D eigenvalue weighted by atomic mass is 32.2. The lowest BCUT2D eigenvalue weighted by molar-refractivity contribution is -0.146. The van der Waals surface area contributed by atoms with Crippen LogP contribution in [0.3, 0.4) is 0 Å². The van der Waals surface area contributed by atoms with Crippen molar-refractivity contribution in [3.05, 3.63) is 47.2 Å². The zero-order valence-corrected chi connectivity index (χ0v) is 23.2. The largest absolute Gasteiger partial charge is 0.460 e. The van der Waals surface area contributed by atoms with Gasteiger partial charge >= 0.3 is 12.1 Å². The van der Waals surface area contributed by atoms with E-state index in [4.69, 9.17) is 9.47 Å². The van der Waals surface area contributed by atoms with Crippen LogP contribution in [0.5, 0.6) is 0 Å². The van der Waals surface area contributed by atoms with Crippen molar-refractivity contribution < 1.29 is 27.5 Å². The number of ether oxygens (including phenoxy) is 2. The van der Waals surface area contributed by atoms with Gasteiger partial charge in [-0.15, -0.1) is 0 Å². The molecule has 0 radical (unpaired) electrons. The van der Waals surface area contributed by atoms with Crippen molar-refractivity contribution >= 4 is 27.7 Å². The third-order valence-electron chi connectivity index (χ3n) is 6.27. The molecule has 0 aliphatic carbocycles. The summed E-state index contributed by atoms with van der Waals surface area (Å²) in [6, 6.07) is 9.53. The van der Waals surface area contributed by atoms with Gasteiger partial charge in [-0.25, -0.2) is 23.2 Å². The summed E-state index contributed by atoms with van der Waals surface area (Å²) in [5.74, 6) is 0.286. The van der Waals surface area contributed by atoms with E-state index in [9.17, 15) is 18.0 Å². The fraction of sp³-hybridized carbons (Fsp3) is 0.538. The van der Waals surface area contributed by atoms with E-state index in [2.05, 4.69) is 9.97 Å². The van der Waals surface area contributed by atoms with E-state index in [0.29, 0.717) is 50.7 Å². The van der Waals surface area contributed by atoms with Crippen LogP contribution in [0.2, 0.25) is 0 Å². The summed E-state index contributed by atoms with van der Waals surface area (Å²) < 4.78 is 35.7. The predicted octanol–water partition coefficient (Wildman–Crippen LogP) is 2.04. The summed E-state index contributed by atoms with van der Waals surface area (Å²) in [5, 5.41) is -0.260. The fourth-order valence-corrected chi connectivity index (χ4v) is 4.91. The highest BCUT2D eigenvalue weighted by molar-refractivity contribution is 7.90. The molecule has 0 saturated carbocycles. The summed E-state index contributed by atoms with van der Waals surface area (Å²) in [7, 11) is -3.68. The second-order valence-corrected chi connectivity index (χ2v) is 12.5. The Bertz CT molecular complexity index is 1270. The Morgan fingerprint density at radius 1 is 1.00 bits per heavy atom. The minimum absolute atomic E-state index is 0.148. The Kier molecular flexibility index (Phi) is 8.22. The van der Waals surface area contributed by atoms with Gasteiger partial charge in [0, 0.05) is 44.5 Å². The Hall–Kier alpha value is -3.25. The fourth-order valence-electron chi connectivity index (χ4n) is 4.38. The number of esters is 1. The van der Waals surface area contributed by atoms with Crippen LogP contribution in [0.4, 0.5) is 10.6 Å². The second kappa shape index (κ2) is 11.2. The molecular formula is C26H35N5O6S. The van der Waals surface area contributed by atoms with E-state index in [1.165, 1.54) is 4.90 Å². The monoisotopic (exact) mass is 545 g/mol. The molecule has 0 bridgehead atoms. The summed E-state index contributed by atoms with van der Waals surface area (Å²) in [5.41, 5.74) is 1.65. The van der Waals surface area contributed by atoms with Gasteiger partial charge in [0.05, 0.1) is 18.8 Å². The molecule has 1 saturated heterocycles. The van der Waals surface area contributed by atoms with E-state index < -0.39 is 21.5 Å². The molecule has 11 nitrogen and oxygen atoms in total. The van der Waals surface area contributed by atoms with Crippen molar-refractivity contribution in [2.45, 2.75) is 51.1 Å². The van der Waals surface area contributed by atoms with E-state index in [0.717, 1.165) is 17.4 Å². The van der Waals surface area contributed by atoms with Crippen LogP contribution in [-0.4, -0.2) is 91.4 Å². The van der Waals surface area contributed by atoms with Crippen molar-refractivity contribution in [1.82, 2.24) is 19.8 Å². The van der Waals surface area contributed by atoms with Gasteiger partial charge in [0.2, 0.25) is 15.0 Å². The zero-order chi connectivity index (χ0) is 27.5. The number of carbonyl (C=O) groups excluding carboxylic acids is 2. The minimum Gasteiger partial charge on any atom is -0.460 e. The van der Waals surface area contributed by atoms with Crippen LogP contribution in [-0.2, 0) is 43.7 Å². The number of benzene rings is 1. The Labute approximate surface area is 223 Å². The number of fused-ring (bicyclic) bond motifs is 1.